The van der Waals surface area contributed by atoms with Crippen molar-refractivity contribution in [1.29, 1.82) is 0 Å². The number of ketones is 1. The number of Topliss-reactive ketones (excluding diaryl/α,β-unsaturated/α-hetero) is 1. The van der Waals surface area contributed by atoms with Crippen LogP contribution < -0.4 is 10.5 Å². The Balaban J connectivity index is 2.13. The van der Waals surface area contributed by atoms with E-state index in [1.54, 1.807) is 12.3 Å². The first-order valence-electron chi connectivity index (χ1n) is 6.06. The van der Waals surface area contributed by atoms with E-state index < -0.39 is 0 Å². The van der Waals surface area contributed by atoms with Gasteiger partial charge in [-0.3, -0.25) is 9.59 Å². The Labute approximate surface area is 106 Å². The van der Waals surface area contributed by atoms with Crippen LogP contribution >= 0.6 is 0 Å². The van der Waals surface area contributed by atoms with Gasteiger partial charge in [0, 0.05) is 32.2 Å². The number of anilines is 1. The van der Waals surface area contributed by atoms with E-state index in [0.717, 1.165) is 31.9 Å². The molecular weight excluding hydrogens is 232 g/mol. The molecule has 1 fully saturated rings. The normalized spacial score (nSPS) is 16.9. The van der Waals surface area contributed by atoms with Crippen LogP contribution in [0.2, 0.25) is 0 Å². The van der Waals surface area contributed by atoms with Gasteiger partial charge >= 0.3 is 0 Å². The molecule has 0 amide bonds. The molecule has 0 atom stereocenters. The maximum atomic E-state index is 11.8. The molecular formula is C12H18N4O2. The number of hydrogen-bond acceptors (Lipinski definition) is 5. The highest BCUT2D eigenvalue weighted by atomic mass is 16.1. The van der Waals surface area contributed by atoms with Crippen LogP contribution in [0.4, 0.5) is 5.69 Å². The largest absolute Gasteiger partial charge is 0.368 e. The van der Waals surface area contributed by atoms with E-state index in [4.69, 9.17) is 0 Å². The van der Waals surface area contributed by atoms with E-state index >= 15 is 0 Å². The molecule has 2 rings (SSSR count). The van der Waals surface area contributed by atoms with Gasteiger partial charge in [-0.15, -0.1) is 0 Å². The Morgan fingerprint density at radius 2 is 2.00 bits per heavy atom. The Hall–Kier alpha value is -1.69. The molecule has 98 valence electrons. The van der Waals surface area contributed by atoms with E-state index in [-0.39, 0.29) is 17.9 Å². The fourth-order valence-corrected chi connectivity index (χ4v) is 1.99. The molecule has 0 radical (unpaired) electrons. The van der Waals surface area contributed by atoms with Gasteiger partial charge in [0.2, 0.25) is 0 Å². The lowest BCUT2D eigenvalue weighted by atomic mass is 10.3. The van der Waals surface area contributed by atoms with Gasteiger partial charge in [0.25, 0.3) is 5.56 Å². The highest BCUT2D eigenvalue weighted by Crippen LogP contribution is 2.11. The van der Waals surface area contributed by atoms with Crippen LogP contribution in [0.25, 0.3) is 0 Å². The van der Waals surface area contributed by atoms with E-state index in [1.807, 2.05) is 0 Å². The van der Waals surface area contributed by atoms with E-state index in [2.05, 4.69) is 21.9 Å². The topological polar surface area (TPSA) is 58.4 Å². The van der Waals surface area contributed by atoms with E-state index in [1.165, 1.54) is 11.6 Å². The standard InChI is InChI=1S/C12H18N4O2/c1-10(17)9-16-12(18)7-11(8-13-16)15-5-3-14(2)4-6-15/h7-8H,3-6,9H2,1-2H3. The maximum absolute atomic E-state index is 11.8. The van der Waals surface area contributed by atoms with Crippen molar-refractivity contribution in [3.8, 4) is 0 Å². The van der Waals surface area contributed by atoms with Gasteiger partial charge in [-0.05, 0) is 14.0 Å². The molecule has 0 bridgehead atoms. The summed E-state index contributed by atoms with van der Waals surface area (Å²) >= 11 is 0. The third-order valence-corrected chi connectivity index (χ3v) is 3.10. The first kappa shape index (κ1) is 12.8. The lowest BCUT2D eigenvalue weighted by Gasteiger charge is -2.33. The highest BCUT2D eigenvalue weighted by molar-refractivity contribution is 5.75. The van der Waals surface area contributed by atoms with Gasteiger partial charge in [0.05, 0.1) is 11.9 Å². The van der Waals surface area contributed by atoms with Crippen molar-refractivity contribution >= 4 is 11.5 Å². The third kappa shape index (κ3) is 2.95. The number of carbonyl (C=O) groups is 1. The van der Waals surface area contributed by atoms with Crippen molar-refractivity contribution in [2.45, 2.75) is 13.5 Å². The Kier molecular flexibility index (Phi) is 3.76. The van der Waals surface area contributed by atoms with Crippen LogP contribution in [0.5, 0.6) is 0 Å². The number of likely N-dealkylation sites (N-methyl/N-ethyl adjacent to an activating group) is 1. The average Bonchev–Trinajstić information content (AvgIpc) is 2.32. The summed E-state index contributed by atoms with van der Waals surface area (Å²) in [5.41, 5.74) is 0.620. The predicted octanol–water partition coefficient (Wildman–Crippen LogP) is -0.416. The molecule has 0 spiro atoms. The molecule has 1 aromatic rings. The molecule has 1 saturated heterocycles. The number of rotatable bonds is 3. The monoisotopic (exact) mass is 250 g/mol. The zero-order chi connectivity index (χ0) is 13.1. The Bertz CT molecular complexity index is 489. The molecule has 0 saturated carbocycles. The van der Waals surface area contributed by atoms with Crippen molar-refractivity contribution < 1.29 is 4.79 Å². The van der Waals surface area contributed by atoms with Gasteiger partial charge in [-0.25, -0.2) is 4.68 Å². The SMILES string of the molecule is CC(=O)Cn1ncc(N2CCN(C)CC2)cc1=O. The summed E-state index contributed by atoms with van der Waals surface area (Å²) in [6.07, 6.45) is 1.66. The number of piperazine rings is 1. The molecule has 18 heavy (non-hydrogen) atoms. The molecule has 1 aliphatic rings. The molecule has 1 aromatic heterocycles. The summed E-state index contributed by atoms with van der Waals surface area (Å²) in [6.45, 7) is 5.25. The summed E-state index contributed by atoms with van der Waals surface area (Å²) < 4.78 is 1.20. The number of hydrogen-bond donors (Lipinski definition) is 0. The maximum Gasteiger partial charge on any atom is 0.269 e. The van der Waals surface area contributed by atoms with Gasteiger partial charge in [0.15, 0.2) is 5.78 Å². The highest BCUT2D eigenvalue weighted by Gasteiger charge is 2.15. The number of aromatic nitrogens is 2. The number of carbonyl (C=O) groups excluding carboxylic acids is 1. The summed E-state index contributed by atoms with van der Waals surface area (Å²) in [4.78, 5) is 27.2. The molecule has 0 unspecified atom stereocenters. The van der Waals surface area contributed by atoms with Crippen LogP contribution in [0.1, 0.15) is 6.92 Å². The fourth-order valence-electron chi connectivity index (χ4n) is 1.99. The smallest absolute Gasteiger partial charge is 0.269 e. The molecule has 0 N–H and O–H groups in total. The van der Waals surface area contributed by atoms with E-state index in [9.17, 15) is 9.59 Å². The molecule has 0 aliphatic carbocycles. The molecule has 2 heterocycles. The Morgan fingerprint density at radius 1 is 1.33 bits per heavy atom. The summed E-state index contributed by atoms with van der Waals surface area (Å²) in [7, 11) is 2.08. The lowest BCUT2D eigenvalue weighted by molar-refractivity contribution is -0.117. The minimum atomic E-state index is -0.221. The van der Waals surface area contributed by atoms with Crippen molar-refractivity contribution in [1.82, 2.24) is 14.7 Å². The summed E-state index contributed by atoms with van der Waals surface area (Å²) in [6, 6.07) is 1.56. The fraction of sp³-hybridized carbons (Fsp3) is 0.583. The van der Waals surface area contributed by atoms with Crippen molar-refractivity contribution in [2.24, 2.45) is 0 Å². The van der Waals surface area contributed by atoms with Gasteiger partial charge < -0.3 is 9.80 Å². The average molecular weight is 250 g/mol. The quantitative estimate of drug-likeness (QED) is 0.729. The second-order valence-corrected chi connectivity index (χ2v) is 4.70. The first-order chi connectivity index (χ1) is 8.56. The minimum absolute atomic E-state index is 0.0435. The third-order valence-electron chi connectivity index (χ3n) is 3.10. The number of nitrogens with zero attached hydrogens (tertiary/aromatic N) is 4. The van der Waals surface area contributed by atoms with Gasteiger partial charge in [-0.2, -0.15) is 5.10 Å². The van der Waals surface area contributed by atoms with E-state index in [0.29, 0.717) is 0 Å². The zero-order valence-corrected chi connectivity index (χ0v) is 10.8. The Morgan fingerprint density at radius 3 is 2.56 bits per heavy atom. The molecule has 6 heteroatoms. The van der Waals surface area contributed by atoms with Crippen LogP contribution in [-0.2, 0) is 11.3 Å². The van der Waals surface area contributed by atoms with Crippen LogP contribution in [0.3, 0.4) is 0 Å². The van der Waals surface area contributed by atoms with Gasteiger partial charge in [-0.1, -0.05) is 0 Å². The van der Waals surface area contributed by atoms with Crippen LogP contribution in [-0.4, -0.2) is 53.7 Å². The summed E-state index contributed by atoms with van der Waals surface area (Å²) in [5.74, 6) is -0.0723. The lowest BCUT2D eigenvalue weighted by Crippen LogP contribution is -2.45. The van der Waals surface area contributed by atoms with Crippen molar-refractivity contribution in [2.75, 3.05) is 38.1 Å². The molecule has 6 nitrogen and oxygen atoms in total. The summed E-state index contributed by atoms with van der Waals surface area (Å²) in [5, 5.41) is 4.04. The zero-order valence-electron chi connectivity index (χ0n) is 10.8. The predicted molar refractivity (Wildman–Crippen MR) is 68.9 cm³/mol. The molecule has 1 aliphatic heterocycles. The molecule has 0 aromatic carbocycles. The van der Waals surface area contributed by atoms with Crippen molar-refractivity contribution in [3.05, 3.63) is 22.6 Å². The first-order valence-corrected chi connectivity index (χ1v) is 6.06. The second-order valence-electron chi connectivity index (χ2n) is 4.70. The van der Waals surface area contributed by atoms with Crippen LogP contribution in [0, 0.1) is 0 Å². The second kappa shape index (κ2) is 5.30. The minimum Gasteiger partial charge on any atom is -0.368 e. The van der Waals surface area contributed by atoms with Gasteiger partial charge in [0.1, 0.15) is 6.54 Å². The van der Waals surface area contributed by atoms with Crippen molar-refractivity contribution in [3.63, 3.8) is 0 Å². The van der Waals surface area contributed by atoms with Crippen LogP contribution in [0.15, 0.2) is 17.1 Å².